The molecule has 0 bridgehead atoms. The van der Waals surface area contributed by atoms with Gasteiger partial charge >= 0.3 is 6.18 Å². The Morgan fingerprint density at radius 1 is 1.26 bits per heavy atom. The maximum absolute atomic E-state index is 12.3. The van der Waals surface area contributed by atoms with Gasteiger partial charge in [0.15, 0.2) is 23.6 Å². The van der Waals surface area contributed by atoms with E-state index in [2.05, 4.69) is 15.6 Å². The predicted octanol–water partition coefficient (Wildman–Crippen LogP) is 2.49. The zero-order valence-corrected chi connectivity index (χ0v) is 17.7. The number of hydrogen-bond acceptors (Lipinski definition) is 4. The lowest BCUT2D eigenvalue weighted by Crippen LogP contribution is -2.43. The molecule has 0 amide bonds. The molecular formula is C17H26F3IN4O2. The van der Waals surface area contributed by atoms with E-state index in [1.807, 2.05) is 31.2 Å². The van der Waals surface area contributed by atoms with Gasteiger partial charge in [0.05, 0.1) is 13.1 Å². The summed E-state index contributed by atoms with van der Waals surface area (Å²) in [6, 6.07) is 7.43. The van der Waals surface area contributed by atoms with Crippen molar-refractivity contribution in [3.05, 3.63) is 24.3 Å². The molecule has 0 aliphatic carbocycles. The van der Waals surface area contributed by atoms with E-state index in [-0.39, 0.29) is 36.6 Å². The van der Waals surface area contributed by atoms with E-state index in [1.165, 1.54) is 11.9 Å². The number of fused-ring (bicyclic) bond motifs is 1. The van der Waals surface area contributed by atoms with Gasteiger partial charge in [0.1, 0.15) is 6.61 Å². The molecule has 1 aromatic rings. The van der Waals surface area contributed by atoms with Crippen molar-refractivity contribution in [2.75, 3.05) is 46.4 Å². The molecule has 1 unspecified atom stereocenters. The first-order valence-corrected chi connectivity index (χ1v) is 8.53. The Labute approximate surface area is 174 Å². The summed E-state index contributed by atoms with van der Waals surface area (Å²) in [6.45, 7) is 3.01. The Morgan fingerprint density at radius 2 is 1.96 bits per heavy atom. The monoisotopic (exact) mass is 502 g/mol. The smallest absolute Gasteiger partial charge is 0.401 e. The second-order valence-corrected chi connectivity index (χ2v) is 6.00. The molecule has 2 N–H and O–H groups in total. The van der Waals surface area contributed by atoms with Crippen molar-refractivity contribution in [1.29, 1.82) is 0 Å². The number of benzene rings is 1. The highest BCUT2D eigenvalue weighted by Crippen LogP contribution is 2.30. The van der Waals surface area contributed by atoms with E-state index in [0.29, 0.717) is 43.7 Å². The molecule has 1 aliphatic rings. The molecule has 2 rings (SSSR count). The molecule has 0 aromatic heterocycles. The van der Waals surface area contributed by atoms with Crippen LogP contribution in [-0.4, -0.2) is 69.5 Å². The third-order valence-corrected chi connectivity index (χ3v) is 3.60. The Bertz CT molecular complexity index is 602. The van der Waals surface area contributed by atoms with Gasteiger partial charge in [0.25, 0.3) is 0 Å². The summed E-state index contributed by atoms with van der Waals surface area (Å²) in [6.07, 6.45) is -4.41. The summed E-state index contributed by atoms with van der Waals surface area (Å²) in [5.74, 6) is 1.94. The van der Waals surface area contributed by atoms with Crippen LogP contribution in [0.1, 0.15) is 6.92 Å². The summed E-state index contributed by atoms with van der Waals surface area (Å²) in [4.78, 5) is 5.64. The second kappa shape index (κ2) is 11.4. The molecule has 0 spiro atoms. The highest BCUT2D eigenvalue weighted by atomic mass is 127. The molecule has 0 saturated heterocycles. The zero-order chi connectivity index (χ0) is 19.0. The number of rotatable bonds is 7. The summed E-state index contributed by atoms with van der Waals surface area (Å²) >= 11 is 0. The topological polar surface area (TPSA) is 58.1 Å². The van der Waals surface area contributed by atoms with Gasteiger partial charge in [0.2, 0.25) is 0 Å². The van der Waals surface area contributed by atoms with E-state index < -0.39 is 12.7 Å². The number of aliphatic imine (C=N–C) groups is 1. The van der Waals surface area contributed by atoms with E-state index >= 15 is 0 Å². The fraction of sp³-hybridized carbons (Fsp3) is 0.588. The number of halogens is 4. The molecule has 1 heterocycles. The maximum Gasteiger partial charge on any atom is 0.401 e. The van der Waals surface area contributed by atoms with Crippen molar-refractivity contribution in [2.24, 2.45) is 4.99 Å². The molecule has 1 atom stereocenters. The molecular weight excluding hydrogens is 476 g/mol. The first-order chi connectivity index (χ1) is 12.4. The summed E-state index contributed by atoms with van der Waals surface area (Å²) in [5.41, 5.74) is 0. The van der Waals surface area contributed by atoms with E-state index in [1.54, 1.807) is 0 Å². The highest BCUT2D eigenvalue weighted by Gasteiger charge is 2.28. The SMILES string of the molecule is CCNC(=NCC1COc2ccccc2O1)NCCN(C)CC(F)(F)F.I. The van der Waals surface area contributed by atoms with Crippen LogP contribution in [0.2, 0.25) is 0 Å². The van der Waals surface area contributed by atoms with Gasteiger partial charge in [-0.25, -0.2) is 4.99 Å². The largest absolute Gasteiger partial charge is 0.486 e. The van der Waals surface area contributed by atoms with Gasteiger partial charge in [-0.3, -0.25) is 4.90 Å². The average Bonchev–Trinajstić information content (AvgIpc) is 2.58. The summed E-state index contributed by atoms with van der Waals surface area (Å²) in [5, 5.41) is 6.09. The molecule has 1 aliphatic heterocycles. The molecule has 0 fully saturated rings. The van der Waals surface area contributed by atoms with Gasteiger partial charge in [0, 0.05) is 19.6 Å². The summed E-state index contributed by atoms with van der Waals surface area (Å²) in [7, 11) is 1.43. The van der Waals surface area contributed by atoms with Crippen molar-refractivity contribution >= 4 is 29.9 Å². The maximum atomic E-state index is 12.3. The molecule has 0 radical (unpaired) electrons. The standard InChI is InChI=1S/C17H25F3N4O2.HI/c1-3-21-16(22-8-9-24(2)12-17(18,19)20)23-10-13-11-25-14-6-4-5-7-15(14)26-13;/h4-7,13H,3,8-12H2,1-2H3,(H2,21,22,23);1H. The van der Waals surface area contributed by atoms with Crippen LogP contribution < -0.4 is 20.1 Å². The quantitative estimate of drug-likeness (QED) is 0.341. The van der Waals surface area contributed by atoms with Gasteiger partial charge < -0.3 is 20.1 Å². The van der Waals surface area contributed by atoms with Crippen molar-refractivity contribution in [1.82, 2.24) is 15.5 Å². The van der Waals surface area contributed by atoms with Crippen LogP contribution in [0.3, 0.4) is 0 Å². The highest BCUT2D eigenvalue weighted by molar-refractivity contribution is 14.0. The van der Waals surface area contributed by atoms with Crippen LogP contribution in [0.4, 0.5) is 13.2 Å². The van der Waals surface area contributed by atoms with Gasteiger partial charge in [-0.1, -0.05) is 12.1 Å². The van der Waals surface area contributed by atoms with E-state index in [4.69, 9.17) is 9.47 Å². The van der Waals surface area contributed by atoms with Crippen molar-refractivity contribution in [3.8, 4) is 11.5 Å². The van der Waals surface area contributed by atoms with E-state index in [9.17, 15) is 13.2 Å². The lowest BCUT2D eigenvalue weighted by molar-refractivity contribution is -0.142. The van der Waals surface area contributed by atoms with Crippen molar-refractivity contribution in [2.45, 2.75) is 19.2 Å². The number of nitrogens with one attached hydrogen (secondary N) is 2. The Hall–Kier alpha value is -1.43. The van der Waals surface area contributed by atoms with Gasteiger partial charge in [-0.2, -0.15) is 13.2 Å². The van der Waals surface area contributed by atoms with Gasteiger partial charge in [-0.15, -0.1) is 24.0 Å². The number of hydrogen-bond donors (Lipinski definition) is 2. The minimum atomic E-state index is -4.19. The van der Waals surface area contributed by atoms with Gasteiger partial charge in [-0.05, 0) is 26.1 Å². The average molecular weight is 502 g/mol. The number of nitrogens with zero attached hydrogens (tertiary/aromatic N) is 2. The minimum absolute atomic E-state index is 0. The van der Waals surface area contributed by atoms with Crippen LogP contribution in [-0.2, 0) is 0 Å². The zero-order valence-electron chi connectivity index (χ0n) is 15.4. The normalized spacial score (nSPS) is 16.7. The third-order valence-electron chi connectivity index (χ3n) is 3.60. The van der Waals surface area contributed by atoms with Crippen LogP contribution in [0.15, 0.2) is 29.3 Å². The Kier molecular flexibility index (Phi) is 9.99. The lowest BCUT2D eigenvalue weighted by Gasteiger charge is -2.25. The Morgan fingerprint density at radius 3 is 2.63 bits per heavy atom. The van der Waals surface area contributed by atoms with Crippen LogP contribution in [0.5, 0.6) is 11.5 Å². The number of guanidine groups is 1. The number of alkyl halides is 3. The van der Waals surface area contributed by atoms with Crippen LogP contribution in [0.25, 0.3) is 0 Å². The second-order valence-electron chi connectivity index (χ2n) is 6.00. The number of ether oxygens (including phenoxy) is 2. The number of likely N-dealkylation sites (N-methyl/N-ethyl adjacent to an activating group) is 1. The van der Waals surface area contributed by atoms with Crippen molar-refractivity contribution < 1.29 is 22.6 Å². The Balaban J connectivity index is 0.00000364. The minimum Gasteiger partial charge on any atom is -0.486 e. The summed E-state index contributed by atoms with van der Waals surface area (Å²) < 4.78 is 48.4. The third kappa shape index (κ3) is 8.87. The molecule has 154 valence electrons. The molecule has 10 heteroatoms. The predicted molar refractivity (Wildman–Crippen MR) is 109 cm³/mol. The molecule has 27 heavy (non-hydrogen) atoms. The van der Waals surface area contributed by atoms with Crippen LogP contribution >= 0.6 is 24.0 Å². The molecule has 6 nitrogen and oxygen atoms in total. The first kappa shape index (κ1) is 23.6. The molecule has 0 saturated carbocycles. The number of para-hydroxylation sites is 2. The lowest BCUT2D eigenvalue weighted by atomic mass is 10.2. The van der Waals surface area contributed by atoms with Crippen molar-refractivity contribution in [3.63, 3.8) is 0 Å². The van der Waals surface area contributed by atoms with Crippen LogP contribution in [0, 0.1) is 0 Å². The molecule has 1 aromatic carbocycles. The fourth-order valence-electron chi connectivity index (χ4n) is 2.44. The fourth-order valence-corrected chi connectivity index (χ4v) is 2.44. The first-order valence-electron chi connectivity index (χ1n) is 8.53. The van der Waals surface area contributed by atoms with E-state index in [0.717, 1.165) is 0 Å².